The van der Waals surface area contributed by atoms with Crippen LogP contribution in [0.3, 0.4) is 0 Å². The molecule has 21 nitrogen and oxygen atoms in total. The van der Waals surface area contributed by atoms with E-state index in [1.165, 1.54) is 57.7 Å². The van der Waals surface area contributed by atoms with E-state index in [9.17, 15) is 44.7 Å². The van der Waals surface area contributed by atoms with Crippen molar-refractivity contribution >= 4 is 35.9 Å². The first-order valence-corrected chi connectivity index (χ1v) is 22.0. The van der Waals surface area contributed by atoms with Gasteiger partial charge in [0.05, 0.1) is 36.1 Å². The topological polar surface area (TPSA) is 264 Å². The number of benzene rings is 6. The molecule has 0 amide bonds. The molecule has 0 aliphatic heterocycles. The number of nitro benzene ring substituents is 3. The number of nitro groups is 3. The van der Waals surface area contributed by atoms with E-state index in [4.69, 9.17) is 42.6 Å². The third-order valence-electron chi connectivity index (χ3n) is 11.4. The van der Waals surface area contributed by atoms with Crippen molar-refractivity contribution < 1.29 is 71.8 Å². The molecule has 0 fully saturated rings. The van der Waals surface area contributed by atoms with Gasteiger partial charge in [0, 0.05) is 70.8 Å². The van der Waals surface area contributed by atoms with Crippen LogP contribution in [-0.2, 0) is 19.3 Å². The van der Waals surface area contributed by atoms with Crippen LogP contribution < -0.4 is 42.6 Å². The highest BCUT2D eigenvalue weighted by atomic mass is 16.6. The van der Waals surface area contributed by atoms with Gasteiger partial charge in [-0.3, -0.25) is 44.7 Å². The maximum Gasteiger partial charge on any atom is 0.311 e. The smallest absolute Gasteiger partial charge is 0.311 e. The number of rotatable bonds is 24. The number of carbonyl (C=O) groups is 3. The number of methoxy groups -OCH3 is 3. The molecule has 1 aliphatic rings. The van der Waals surface area contributed by atoms with Crippen molar-refractivity contribution in [1.29, 1.82) is 0 Å². The molecule has 0 radical (unpaired) electrons. The number of nitrogens with zero attached hydrogens (tertiary/aromatic N) is 3. The fourth-order valence-electron chi connectivity index (χ4n) is 8.13. The van der Waals surface area contributed by atoms with Crippen molar-refractivity contribution in [1.82, 2.24) is 0 Å². The van der Waals surface area contributed by atoms with E-state index in [0.717, 1.165) is 51.6 Å². The Morgan fingerprint density at radius 1 is 0.389 bits per heavy atom. The van der Waals surface area contributed by atoms with E-state index in [2.05, 4.69) is 0 Å². The third kappa shape index (κ3) is 11.4. The summed E-state index contributed by atoms with van der Waals surface area (Å²) in [5.74, 6) is 2.13. The van der Waals surface area contributed by atoms with E-state index < -0.39 is 14.8 Å². The highest BCUT2D eigenvalue weighted by Gasteiger charge is 2.28. The van der Waals surface area contributed by atoms with Gasteiger partial charge in [-0.1, -0.05) is 18.2 Å². The van der Waals surface area contributed by atoms with Gasteiger partial charge in [-0.2, -0.15) is 0 Å². The summed E-state index contributed by atoms with van der Waals surface area (Å²) in [5, 5.41) is 35.1. The minimum absolute atomic E-state index is 0.0378. The molecule has 1 aliphatic carbocycles. The summed E-state index contributed by atoms with van der Waals surface area (Å²) in [4.78, 5) is 66.9. The van der Waals surface area contributed by atoms with Crippen LogP contribution in [0, 0.1) is 30.3 Å². The maximum absolute atomic E-state index is 11.7. The lowest BCUT2D eigenvalue weighted by Gasteiger charge is -2.20. The molecular weight excluding hydrogens is 943 g/mol. The summed E-state index contributed by atoms with van der Waals surface area (Å²) in [5.41, 5.74) is 3.95. The standard InChI is InChI=1S/C51H45N3O18/c1-64-49-37-25-35-8-14-47(71-20-17-68-44-11-5-32(29-56)23-41(44)53(60)61)51(66-3)39(35)27-36-9-15-48(72-21-18-69-45-12-6-33(30-57)24-42(45)54(62)63)50(65-2)38(36)26-34(37)7-13-46(49)70-19-16-67-43-10-4-31(28-55)22-40(43)52(58)59/h4-15,22-24,28-30H,16-21,25-27H2,1-3H3. The SMILES string of the molecule is COc1c(OCCOc2ccc(C=O)cc2[N+](=O)[O-])ccc2c1Cc1ccc(OCCOc3ccc(C=O)cc3[N+](=O)[O-])c(OC)c1Cc1ccc(OCCOc3ccc(C=O)cc3[N+](=O)[O-])c(OC)c1C2. The summed E-state index contributed by atoms with van der Waals surface area (Å²) in [6.45, 7) is -0.438. The quantitative estimate of drug-likeness (QED) is 0.0238. The molecule has 0 aromatic heterocycles. The second kappa shape index (κ2) is 23.4. The lowest BCUT2D eigenvalue weighted by Crippen LogP contribution is -2.12. The molecule has 0 N–H and O–H groups in total. The number of aldehydes is 3. The molecule has 0 saturated heterocycles. The average molecular weight is 988 g/mol. The largest absolute Gasteiger partial charge is 0.493 e. The van der Waals surface area contributed by atoms with Crippen molar-refractivity contribution in [3.63, 3.8) is 0 Å². The highest BCUT2D eigenvalue weighted by molar-refractivity contribution is 5.78. The summed E-state index contributed by atoms with van der Waals surface area (Å²) < 4.78 is 53.9. The zero-order valence-corrected chi connectivity index (χ0v) is 38.9. The Morgan fingerprint density at radius 3 is 0.847 bits per heavy atom. The summed E-state index contributed by atoms with van der Waals surface area (Å²) >= 11 is 0. The van der Waals surface area contributed by atoms with Crippen LogP contribution in [0.5, 0.6) is 51.7 Å². The second-order valence-corrected chi connectivity index (χ2v) is 15.6. The molecule has 0 bridgehead atoms. The first-order valence-electron chi connectivity index (χ1n) is 22.0. The molecule has 6 aromatic carbocycles. The first kappa shape index (κ1) is 50.6. The lowest BCUT2D eigenvalue weighted by molar-refractivity contribution is -0.386. The van der Waals surface area contributed by atoms with Gasteiger partial charge in [-0.15, -0.1) is 0 Å². The Balaban J connectivity index is 1.20. The fourth-order valence-corrected chi connectivity index (χ4v) is 8.13. The van der Waals surface area contributed by atoms with Crippen LogP contribution in [-0.4, -0.2) is 94.6 Å². The summed E-state index contributed by atoms with van der Waals surface area (Å²) in [7, 11) is 4.51. The number of ether oxygens (including phenoxy) is 9. The summed E-state index contributed by atoms with van der Waals surface area (Å²) in [6, 6.07) is 22.5. The van der Waals surface area contributed by atoms with E-state index in [1.807, 2.05) is 18.2 Å². The van der Waals surface area contributed by atoms with Crippen molar-refractivity contribution in [3.8, 4) is 51.7 Å². The Kier molecular flexibility index (Phi) is 16.4. The third-order valence-corrected chi connectivity index (χ3v) is 11.4. The Labute approximate surface area is 410 Å². The molecule has 0 atom stereocenters. The predicted molar refractivity (Wildman–Crippen MR) is 256 cm³/mol. The lowest BCUT2D eigenvalue weighted by atomic mass is 9.93. The molecule has 6 aromatic rings. The second-order valence-electron chi connectivity index (χ2n) is 15.6. The van der Waals surface area contributed by atoms with E-state index in [-0.39, 0.29) is 90.6 Å². The van der Waals surface area contributed by atoms with Crippen molar-refractivity contribution in [2.45, 2.75) is 19.3 Å². The van der Waals surface area contributed by atoms with Crippen LogP contribution in [0.2, 0.25) is 0 Å². The van der Waals surface area contributed by atoms with Gasteiger partial charge in [-0.25, -0.2) is 0 Å². The van der Waals surface area contributed by atoms with Gasteiger partial charge in [0.2, 0.25) is 0 Å². The van der Waals surface area contributed by atoms with E-state index in [0.29, 0.717) is 72.6 Å². The molecule has 72 heavy (non-hydrogen) atoms. The van der Waals surface area contributed by atoms with Gasteiger partial charge in [0.25, 0.3) is 0 Å². The zero-order chi connectivity index (χ0) is 51.3. The highest BCUT2D eigenvalue weighted by Crippen LogP contribution is 2.45. The molecule has 0 heterocycles. The number of carbonyl (C=O) groups excluding carboxylic acids is 3. The summed E-state index contributed by atoms with van der Waals surface area (Å²) in [6.07, 6.45) is 2.41. The van der Waals surface area contributed by atoms with Crippen molar-refractivity contribution in [2.75, 3.05) is 61.0 Å². The van der Waals surface area contributed by atoms with Gasteiger partial charge < -0.3 is 42.6 Å². The van der Waals surface area contributed by atoms with Crippen LogP contribution in [0.1, 0.15) is 64.5 Å². The minimum Gasteiger partial charge on any atom is -0.493 e. The Morgan fingerprint density at radius 2 is 0.625 bits per heavy atom. The molecular formula is C51H45N3O18. The predicted octanol–water partition coefficient (Wildman–Crippen LogP) is 8.33. The zero-order valence-electron chi connectivity index (χ0n) is 38.9. The van der Waals surface area contributed by atoms with Gasteiger partial charge >= 0.3 is 17.1 Å². The number of fused-ring (bicyclic) bond motifs is 3. The molecule has 0 saturated carbocycles. The maximum atomic E-state index is 11.7. The molecule has 7 rings (SSSR count). The van der Waals surface area contributed by atoms with Crippen LogP contribution in [0.15, 0.2) is 91.0 Å². The van der Waals surface area contributed by atoms with Gasteiger partial charge in [-0.05, 0) is 71.3 Å². The normalized spacial score (nSPS) is 11.4. The number of hydrogen-bond donors (Lipinski definition) is 0. The minimum atomic E-state index is -0.639. The fraction of sp³-hybridized carbons (Fsp3) is 0.235. The average Bonchev–Trinajstić information content (AvgIpc) is 3.45. The Hall–Kier alpha value is -9.27. The molecule has 0 spiro atoms. The van der Waals surface area contributed by atoms with Crippen LogP contribution in [0.25, 0.3) is 0 Å². The van der Waals surface area contributed by atoms with Crippen LogP contribution >= 0.6 is 0 Å². The first-order chi connectivity index (χ1) is 34.9. The van der Waals surface area contributed by atoms with Crippen molar-refractivity contribution in [3.05, 3.63) is 171 Å². The van der Waals surface area contributed by atoms with Crippen molar-refractivity contribution in [2.24, 2.45) is 0 Å². The Bertz CT molecular complexity index is 2730. The molecule has 21 heteroatoms. The molecule has 0 unspecified atom stereocenters. The van der Waals surface area contributed by atoms with E-state index in [1.54, 1.807) is 18.2 Å². The van der Waals surface area contributed by atoms with Gasteiger partial charge in [0.1, 0.15) is 58.5 Å². The monoisotopic (exact) mass is 987 g/mol. The van der Waals surface area contributed by atoms with Crippen LogP contribution in [0.4, 0.5) is 17.1 Å². The number of hydrogen-bond acceptors (Lipinski definition) is 18. The van der Waals surface area contributed by atoms with Gasteiger partial charge in [0.15, 0.2) is 51.7 Å². The molecule has 372 valence electrons. The van der Waals surface area contributed by atoms with E-state index >= 15 is 0 Å².